The summed E-state index contributed by atoms with van der Waals surface area (Å²) in [7, 11) is 3.25. The Morgan fingerprint density at radius 2 is 1.76 bits per heavy atom. The molecule has 3 heterocycles. The van der Waals surface area contributed by atoms with Crippen LogP contribution in [0, 0.1) is 0 Å². The van der Waals surface area contributed by atoms with Crippen molar-refractivity contribution < 1.29 is 14.2 Å². The van der Waals surface area contributed by atoms with Crippen LogP contribution in [-0.2, 0) is 4.74 Å². The summed E-state index contributed by atoms with van der Waals surface area (Å²) < 4.78 is 16.1. The first-order valence-corrected chi connectivity index (χ1v) is 9.38. The third-order valence-electron chi connectivity index (χ3n) is 4.67. The summed E-state index contributed by atoms with van der Waals surface area (Å²) in [4.78, 5) is 15.6. The lowest BCUT2D eigenvalue weighted by Crippen LogP contribution is -2.37. The van der Waals surface area contributed by atoms with Gasteiger partial charge in [0.1, 0.15) is 17.3 Å². The number of aromatic nitrogens is 3. The fourth-order valence-corrected chi connectivity index (χ4v) is 3.12. The minimum Gasteiger partial charge on any atom is -0.497 e. The lowest BCUT2D eigenvalue weighted by Gasteiger charge is -2.26. The SMILES string of the molecule is COc1ccc(-c2cnc(OC)c(Nc3ccnc(N4CCOCC4)n3)c2)cc1. The van der Waals surface area contributed by atoms with E-state index in [1.54, 1.807) is 26.6 Å². The number of rotatable bonds is 6. The van der Waals surface area contributed by atoms with Crippen molar-refractivity contribution in [3.63, 3.8) is 0 Å². The molecule has 1 fully saturated rings. The van der Waals surface area contributed by atoms with E-state index in [9.17, 15) is 0 Å². The zero-order chi connectivity index (χ0) is 20.1. The second-order valence-corrected chi connectivity index (χ2v) is 6.48. The van der Waals surface area contributed by atoms with Crippen LogP contribution in [0.2, 0.25) is 0 Å². The van der Waals surface area contributed by atoms with Gasteiger partial charge in [0.05, 0.1) is 27.4 Å². The summed E-state index contributed by atoms with van der Waals surface area (Å²) in [5, 5.41) is 3.31. The molecule has 0 aliphatic carbocycles. The Morgan fingerprint density at radius 1 is 0.966 bits per heavy atom. The van der Waals surface area contributed by atoms with Gasteiger partial charge in [0, 0.05) is 31.0 Å². The van der Waals surface area contributed by atoms with Crippen molar-refractivity contribution in [2.45, 2.75) is 0 Å². The van der Waals surface area contributed by atoms with E-state index in [0.717, 1.165) is 35.7 Å². The van der Waals surface area contributed by atoms with Gasteiger partial charge in [-0.2, -0.15) is 4.98 Å². The molecule has 2 aromatic heterocycles. The number of benzene rings is 1. The number of nitrogens with one attached hydrogen (secondary N) is 1. The summed E-state index contributed by atoms with van der Waals surface area (Å²) in [6.07, 6.45) is 3.53. The normalized spacial score (nSPS) is 13.8. The van der Waals surface area contributed by atoms with Crippen LogP contribution in [0.15, 0.2) is 48.8 Å². The van der Waals surface area contributed by atoms with Gasteiger partial charge in [-0.3, -0.25) is 0 Å². The third kappa shape index (κ3) is 4.38. The molecule has 0 atom stereocenters. The number of nitrogens with zero attached hydrogens (tertiary/aromatic N) is 4. The first-order chi connectivity index (χ1) is 14.3. The first kappa shape index (κ1) is 18.9. The minimum absolute atomic E-state index is 0.494. The lowest BCUT2D eigenvalue weighted by atomic mass is 10.1. The molecule has 8 nitrogen and oxygen atoms in total. The van der Waals surface area contributed by atoms with Gasteiger partial charge < -0.3 is 24.4 Å². The highest BCUT2D eigenvalue weighted by Gasteiger charge is 2.15. The van der Waals surface area contributed by atoms with E-state index >= 15 is 0 Å². The molecular formula is C21H23N5O3. The molecule has 1 aliphatic heterocycles. The fourth-order valence-electron chi connectivity index (χ4n) is 3.12. The predicted molar refractivity (Wildman–Crippen MR) is 111 cm³/mol. The van der Waals surface area contributed by atoms with Crippen molar-refractivity contribution in [3.05, 3.63) is 48.8 Å². The third-order valence-corrected chi connectivity index (χ3v) is 4.67. The Kier molecular flexibility index (Phi) is 5.71. The predicted octanol–water partition coefficient (Wildman–Crippen LogP) is 3.14. The van der Waals surface area contributed by atoms with Crippen LogP contribution in [-0.4, -0.2) is 55.5 Å². The monoisotopic (exact) mass is 393 g/mol. The van der Waals surface area contributed by atoms with Crippen molar-refractivity contribution in [1.29, 1.82) is 0 Å². The van der Waals surface area contributed by atoms with Gasteiger partial charge >= 0.3 is 0 Å². The number of anilines is 3. The highest BCUT2D eigenvalue weighted by molar-refractivity contribution is 5.72. The van der Waals surface area contributed by atoms with E-state index in [0.29, 0.717) is 30.9 Å². The maximum Gasteiger partial charge on any atom is 0.237 e. The molecule has 0 spiro atoms. The van der Waals surface area contributed by atoms with E-state index < -0.39 is 0 Å². The Hall–Kier alpha value is -3.39. The summed E-state index contributed by atoms with van der Waals surface area (Å²) in [6, 6.07) is 11.6. The lowest BCUT2D eigenvalue weighted by molar-refractivity contribution is 0.122. The van der Waals surface area contributed by atoms with Gasteiger partial charge in [0.2, 0.25) is 11.8 Å². The van der Waals surface area contributed by atoms with Gasteiger partial charge in [-0.15, -0.1) is 0 Å². The fraction of sp³-hybridized carbons (Fsp3) is 0.286. The Balaban J connectivity index is 1.60. The summed E-state index contributed by atoms with van der Waals surface area (Å²) in [5.41, 5.74) is 2.71. The van der Waals surface area contributed by atoms with E-state index in [1.807, 2.05) is 36.4 Å². The number of hydrogen-bond donors (Lipinski definition) is 1. The van der Waals surface area contributed by atoms with Crippen molar-refractivity contribution >= 4 is 17.5 Å². The zero-order valence-corrected chi connectivity index (χ0v) is 16.5. The molecule has 0 bridgehead atoms. The van der Waals surface area contributed by atoms with Crippen LogP contribution in [0.25, 0.3) is 11.1 Å². The number of methoxy groups -OCH3 is 2. The minimum atomic E-state index is 0.494. The molecule has 8 heteroatoms. The molecule has 0 saturated carbocycles. The van der Waals surface area contributed by atoms with Gasteiger partial charge in [-0.05, 0) is 29.8 Å². The molecule has 1 N–H and O–H groups in total. The molecule has 0 unspecified atom stereocenters. The molecule has 4 rings (SSSR count). The molecule has 0 amide bonds. The number of hydrogen-bond acceptors (Lipinski definition) is 8. The van der Waals surface area contributed by atoms with Crippen LogP contribution in [0.5, 0.6) is 11.6 Å². The second-order valence-electron chi connectivity index (χ2n) is 6.48. The largest absolute Gasteiger partial charge is 0.497 e. The smallest absolute Gasteiger partial charge is 0.237 e. The Morgan fingerprint density at radius 3 is 2.48 bits per heavy atom. The van der Waals surface area contributed by atoms with Crippen LogP contribution in [0.4, 0.5) is 17.5 Å². The van der Waals surface area contributed by atoms with Crippen molar-refractivity contribution in [2.75, 3.05) is 50.7 Å². The molecule has 0 radical (unpaired) electrons. The van der Waals surface area contributed by atoms with Gasteiger partial charge in [0.15, 0.2) is 0 Å². The summed E-state index contributed by atoms with van der Waals surface area (Å²) in [6.45, 7) is 2.92. The molecule has 29 heavy (non-hydrogen) atoms. The van der Waals surface area contributed by atoms with Crippen LogP contribution in [0.1, 0.15) is 0 Å². The second kappa shape index (κ2) is 8.74. The van der Waals surface area contributed by atoms with Crippen molar-refractivity contribution in [2.24, 2.45) is 0 Å². The van der Waals surface area contributed by atoms with Crippen LogP contribution in [0.3, 0.4) is 0 Å². The number of pyridine rings is 1. The number of ether oxygens (including phenoxy) is 3. The topological polar surface area (TPSA) is 81.6 Å². The van der Waals surface area contributed by atoms with Crippen molar-refractivity contribution in [1.82, 2.24) is 15.0 Å². The molecular weight excluding hydrogens is 370 g/mol. The zero-order valence-electron chi connectivity index (χ0n) is 16.5. The van der Waals surface area contributed by atoms with E-state index in [1.165, 1.54) is 0 Å². The van der Waals surface area contributed by atoms with E-state index in [2.05, 4.69) is 25.2 Å². The molecule has 3 aromatic rings. The van der Waals surface area contributed by atoms with Crippen LogP contribution >= 0.6 is 0 Å². The molecule has 1 saturated heterocycles. The highest BCUT2D eigenvalue weighted by atomic mass is 16.5. The van der Waals surface area contributed by atoms with Gasteiger partial charge in [0.25, 0.3) is 0 Å². The Labute approximate surface area is 169 Å². The highest BCUT2D eigenvalue weighted by Crippen LogP contribution is 2.31. The maximum atomic E-state index is 5.43. The summed E-state index contributed by atoms with van der Waals surface area (Å²) >= 11 is 0. The maximum absolute atomic E-state index is 5.43. The van der Waals surface area contributed by atoms with E-state index in [-0.39, 0.29) is 0 Å². The van der Waals surface area contributed by atoms with Gasteiger partial charge in [-0.1, -0.05) is 12.1 Å². The molecule has 1 aliphatic rings. The van der Waals surface area contributed by atoms with E-state index in [4.69, 9.17) is 14.2 Å². The standard InChI is InChI=1S/C21H23N5O3/c1-27-17-5-3-15(4-6-17)16-13-18(20(28-2)23-14-16)24-19-7-8-22-21(25-19)26-9-11-29-12-10-26/h3-8,13-14H,9-12H2,1-2H3,(H,22,24,25). The summed E-state index contributed by atoms with van der Waals surface area (Å²) in [5.74, 6) is 2.66. The average Bonchev–Trinajstić information content (AvgIpc) is 2.80. The van der Waals surface area contributed by atoms with Crippen LogP contribution < -0.4 is 19.7 Å². The quantitative estimate of drug-likeness (QED) is 0.684. The van der Waals surface area contributed by atoms with Crippen molar-refractivity contribution in [3.8, 4) is 22.8 Å². The average molecular weight is 393 g/mol. The Bertz CT molecular complexity index is 959. The first-order valence-electron chi connectivity index (χ1n) is 9.38. The molecule has 150 valence electrons. The van der Waals surface area contributed by atoms with Gasteiger partial charge in [-0.25, -0.2) is 9.97 Å². The number of morpholine rings is 1. The molecule has 1 aromatic carbocycles.